The first kappa shape index (κ1) is 17.7. The number of esters is 3. The van der Waals surface area contributed by atoms with E-state index in [2.05, 4.69) is 0 Å². The molecule has 0 unspecified atom stereocenters. The van der Waals surface area contributed by atoms with E-state index in [0.717, 1.165) is 6.92 Å². The highest BCUT2D eigenvalue weighted by atomic mass is 35.5. The van der Waals surface area contributed by atoms with Crippen LogP contribution >= 0.6 is 11.6 Å². The second-order valence-corrected chi connectivity index (χ2v) is 4.74. The minimum atomic E-state index is -1.54. The Balaban J connectivity index is 3.01. The molecular formula is C12H17ClO8. The lowest BCUT2D eigenvalue weighted by Crippen LogP contribution is -2.60. The van der Waals surface area contributed by atoms with Crippen LogP contribution in [0.3, 0.4) is 0 Å². The third-order valence-electron chi connectivity index (χ3n) is 2.73. The van der Waals surface area contributed by atoms with E-state index in [0.29, 0.717) is 0 Å². The predicted octanol–water partition coefficient (Wildman–Crippen LogP) is -0.262. The predicted molar refractivity (Wildman–Crippen MR) is 68.3 cm³/mol. The minimum Gasteiger partial charge on any atom is -0.456 e. The topological polar surface area (TPSA) is 108 Å². The van der Waals surface area contributed by atoms with E-state index in [1.54, 1.807) is 0 Å². The van der Waals surface area contributed by atoms with Gasteiger partial charge < -0.3 is 24.1 Å². The summed E-state index contributed by atoms with van der Waals surface area (Å²) < 4.78 is 20.1. The number of rotatable bonds is 4. The van der Waals surface area contributed by atoms with Crippen LogP contribution in [0.2, 0.25) is 0 Å². The Labute approximate surface area is 126 Å². The van der Waals surface area contributed by atoms with E-state index in [9.17, 15) is 19.5 Å². The number of alkyl halides is 1. The van der Waals surface area contributed by atoms with Gasteiger partial charge in [0.25, 0.3) is 0 Å². The fraction of sp³-hybridized carbons (Fsp3) is 0.750. The van der Waals surface area contributed by atoms with Gasteiger partial charge in [-0.05, 0) is 6.92 Å². The average Bonchev–Trinajstić information content (AvgIpc) is 2.37. The largest absolute Gasteiger partial charge is 0.456 e. The van der Waals surface area contributed by atoms with Crippen molar-refractivity contribution in [3.8, 4) is 0 Å². The molecule has 0 bridgehead atoms. The summed E-state index contributed by atoms with van der Waals surface area (Å²) in [5, 5.41) is 9.84. The van der Waals surface area contributed by atoms with Gasteiger partial charge in [0.2, 0.25) is 0 Å². The summed E-state index contributed by atoms with van der Waals surface area (Å²) in [5.74, 6) is -2.61. The molecule has 1 aliphatic heterocycles. The summed E-state index contributed by atoms with van der Waals surface area (Å²) in [6, 6.07) is 0. The van der Waals surface area contributed by atoms with Gasteiger partial charge in [-0.3, -0.25) is 14.4 Å². The maximum absolute atomic E-state index is 11.3. The Morgan fingerprint density at radius 3 is 2.05 bits per heavy atom. The Hall–Kier alpha value is -1.38. The zero-order chi connectivity index (χ0) is 16.2. The van der Waals surface area contributed by atoms with Crippen molar-refractivity contribution in [3.63, 3.8) is 0 Å². The number of ether oxygens (including phenoxy) is 4. The monoisotopic (exact) mass is 324 g/mol. The van der Waals surface area contributed by atoms with Crippen LogP contribution in [0.15, 0.2) is 0 Å². The van der Waals surface area contributed by atoms with Gasteiger partial charge in [0.15, 0.2) is 24.6 Å². The van der Waals surface area contributed by atoms with Gasteiger partial charge in [0.05, 0.1) is 6.10 Å². The summed E-state index contributed by atoms with van der Waals surface area (Å²) in [6.45, 7) is 3.83. The Kier molecular flexibility index (Phi) is 6.38. The quantitative estimate of drug-likeness (QED) is 0.428. The van der Waals surface area contributed by atoms with E-state index >= 15 is 0 Å². The molecule has 1 N–H and O–H groups in total. The molecule has 1 heterocycles. The van der Waals surface area contributed by atoms with Crippen LogP contribution in [-0.4, -0.2) is 59.6 Å². The van der Waals surface area contributed by atoms with E-state index in [4.69, 9.17) is 30.5 Å². The normalized spacial score (nSPS) is 32.1. The van der Waals surface area contributed by atoms with Gasteiger partial charge >= 0.3 is 17.9 Å². The molecule has 1 rings (SSSR count). The molecule has 8 nitrogen and oxygen atoms in total. The third kappa shape index (κ3) is 4.83. The molecular weight excluding hydrogens is 308 g/mol. The summed E-state index contributed by atoms with van der Waals surface area (Å²) in [7, 11) is 0. The molecule has 1 fully saturated rings. The third-order valence-corrected chi connectivity index (χ3v) is 2.94. The van der Waals surface area contributed by atoms with E-state index in [1.807, 2.05) is 0 Å². The first-order valence-electron chi connectivity index (χ1n) is 6.19. The minimum absolute atomic E-state index is 0.455. The van der Waals surface area contributed by atoms with Gasteiger partial charge in [0, 0.05) is 13.8 Å². The number of aliphatic hydroxyl groups excluding tert-OH is 1. The lowest BCUT2D eigenvalue weighted by atomic mass is 9.99. The van der Waals surface area contributed by atoms with Crippen molar-refractivity contribution in [2.75, 3.05) is 5.88 Å². The molecule has 1 aliphatic rings. The smallest absolute Gasteiger partial charge is 0.321 e. The molecule has 0 amide bonds. The number of halogens is 1. The van der Waals surface area contributed by atoms with Crippen molar-refractivity contribution in [2.45, 2.75) is 51.5 Å². The van der Waals surface area contributed by atoms with Crippen molar-refractivity contribution in [1.82, 2.24) is 0 Å². The van der Waals surface area contributed by atoms with Crippen molar-refractivity contribution >= 4 is 29.5 Å². The summed E-state index contributed by atoms with van der Waals surface area (Å²) in [4.78, 5) is 33.6. The molecule has 0 aromatic rings. The van der Waals surface area contributed by atoms with Crippen molar-refractivity contribution < 1.29 is 38.4 Å². The molecule has 9 heteroatoms. The standard InChI is InChI=1S/C12H17ClO8/c1-5-9(19-6(2)14)10(20-7(3)15)11(12(17)18-5)21-8(16)4-13/h5,9-12,17H,4H2,1-3H3/t5-,9-,10+,11-,12+/m0/s1. The lowest BCUT2D eigenvalue weighted by molar-refractivity contribution is -0.288. The molecule has 0 spiro atoms. The van der Waals surface area contributed by atoms with Crippen LogP contribution in [-0.2, 0) is 33.3 Å². The second-order valence-electron chi connectivity index (χ2n) is 4.47. The average molecular weight is 325 g/mol. The summed E-state index contributed by atoms with van der Waals surface area (Å²) in [6.07, 6.45) is -5.87. The van der Waals surface area contributed by atoms with Crippen molar-refractivity contribution in [1.29, 1.82) is 0 Å². The highest BCUT2D eigenvalue weighted by Gasteiger charge is 2.49. The van der Waals surface area contributed by atoms with Crippen molar-refractivity contribution in [2.24, 2.45) is 0 Å². The molecule has 5 atom stereocenters. The lowest BCUT2D eigenvalue weighted by Gasteiger charge is -2.41. The second kappa shape index (κ2) is 7.58. The summed E-state index contributed by atoms with van der Waals surface area (Å²) >= 11 is 5.33. The van der Waals surface area contributed by atoms with Crippen LogP contribution in [0.5, 0.6) is 0 Å². The van der Waals surface area contributed by atoms with Gasteiger partial charge in [-0.25, -0.2) is 0 Å². The van der Waals surface area contributed by atoms with Gasteiger partial charge in [-0.15, -0.1) is 11.6 Å². The zero-order valence-corrected chi connectivity index (χ0v) is 12.5. The highest BCUT2D eigenvalue weighted by Crippen LogP contribution is 2.27. The zero-order valence-electron chi connectivity index (χ0n) is 11.8. The molecule has 0 radical (unpaired) electrons. The number of hydrogen-bond donors (Lipinski definition) is 1. The number of hydrogen-bond acceptors (Lipinski definition) is 8. The van der Waals surface area contributed by atoms with Crippen molar-refractivity contribution in [3.05, 3.63) is 0 Å². The number of carbonyl (C=O) groups excluding carboxylic acids is 3. The van der Waals surface area contributed by atoms with Crippen LogP contribution in [0.4, 0.5) is 0 Å². The van der Waals surface area contributed by atoms with Crippen LogP contribution in [0.25, 0.3) is 0 Å². The van der Waals surface area contributed by atoms with Gasteiger partial charge in [0.1, 0.15) is 5.88 Å². The van der Waals surface area contributed by atoms with E-state index in [-0.39, 0.29) is 0 Å². The number of carbonyl (C=O) groups is 3. The fourth-order valence-corrected chi connectivity index (χ4v) is 2.04. The SMILES string of the molecule is CC(=O)O[C@@H]1[C@@H](OC(C)=O)[C@H](C)O[C@@H](O)[C@H]1OC(=O)CCl. The molecule has 0 aromatic heterocycles. The first-order chi connectivity index (χ1) is 9.76. The molecule has 0 aromatic carbocycles. The van der Waals surface area contributed by atoms with Crippen LogP contribution in [0, 0.1) is 0 Å². The van der Waals surface area contributed by atoms with Gasteiger partial charge in [-0.2, -0.15) is 0 Å². The van der Waals surface area contributed by atoms with E-state index in [1.165, 1.54) is 13.8 Å². The van der Waals surface area contributed by atoms with Crippen LogP contribution in [0.1, 0.15) is 20.8 Å². The van der Waals surface area contributed by atoms with Crippen LogP contribution < -0.4 is 0 Å². The molecule has 1 saturated heterocycles. The molecule has 120 valence electrons. The first-order valence-corrected chi connectivity index (χ1v) is 6.73. The Morgan fingerprint density at radius 1 is 1.05 bits per heavy atom. The highest BCUT2D eigenvalue weighted by molar-refractivity contribution is 6.26. The maximum Gasteiger partial charge on any atom is 0.321 e. The summed E-state index contributed by atoms with van der Waals surface area (Å²) in [5.41, 5.74) is 0. The van der Waals surface area contributed by atoms with E-state index < -0.39 is 54.5 Å². The Morgan fingerprint density at radius 2 is 1.57 bits per heavy atom. The fourth-order valence-electron chi connectivity index (χ4n) is 1.98. The number of aliphatic hydroxyl groups is 1. The maximum atomic E-state index is 11.3. The Bertz CT molecular complexity index is 412. The molecule has 0 saturated carbocycles. The molecule has 21 heavy (non-hydrogen) atoms. The van der Waals surface area contributed by atoms with Gasteiger partial charge in [-0.1, -0.05) is 0 Å². The molecule has 0 aliphatic carbocycles.